The van der Waals surface area contributed by atoms with Gasteiger partial charge in [-0.2, -0.15) is 0 Å². The van der Waals surface area contributed by atoms with E-state index >= 15 is 0 Å². The van der Waals surface area contributed by atoms with Gasteiger partial charge in [0.2, 0.25) is 0 Å². The van der Waals surface area contributed by atoms with Crippen LogP contribution >= 0.6 is 0 Å². The van der Waals surface area contributed by atoms with Crippen LogP contribution < -0.4 is 0 Å². The van der Waals surface area contributed by atoms with E-state index in [1.165, 1.54) is 13.3 Å². The summed E-state index contributed by atoms with van der Waals surface area (Å²) in [5.41, 5.74) is 0.201. The molecule has 4 saturated carbocycles. The normalized spacial score (nSPS) is 55.0. The lowest BCUT2D eigenvalue weighted by Gasteiger charge is -2.62. The number of aliphatic hydroxyl groups excluding tert-OH is 2. The minimum atomic E-state index is -0.301. The van der Waals surface area contributed by atoms with E-state index in [2.05, 4.69) is 13.8 Å². The van der Waals surface area contributed by atoms with E-state index in [9.17, 15) is 15.0 Å². The van der Waals surface area contributed by atoms with Gasteiger partial charge in [0.15, 0.2) is 0 Å². The molecule has 142 valence electrons. The molecule has 2 N–H and O–H groups in total. The van der Waals surface area contributed by atoms with Gasteiger partial charge in [-0.15, -0.1) is 0 Å². The first kappa shape index (κ1) is 17.8. The van der Waals surface area contributed by atoms with Crippen LogP contribution in [0.5, 0.6) is 0 Å². The monoisotopic (exact) mass is 350 g/mol. The smallest absolute Gasteiger partial charge is 0.302 e. The highest BCUT2D eigenvalue weighted by Gasteiger charge is 2.62. The maximum atomic E-state index is 11.3. The fourth-order valence-corrected chi connectivity index (χ4v) is 7.58. The fraction of sp³-hybridized carbons (Fsp3) is 0.952. The SMILES string of the molecule is CC(=O)O[C@H]1CC[C@]2(C)[C@@H]3CC[C@]4(C)[C@@H](O)CC[C@H]4[C@@H]3C[C@@H](O)[C@H]2C1. The van der Waals surface area contributed by atoms with Gasteiger partial charge in [-0.1, -0.05) is 13.8 Å². The summed E-state index contributed by atoms with van der Waals surface area (Å²) in [6, 6.07) is 0. The van der Waals surface area contributed by atoms with Crippen molar-refractivity contribution >= 4 is 5.97 Å². The van der Waals surface area contributed by atoms with Crippen LogP contribution in [0.2, 0.25) is 0 Å². The minimum absolute atomic E-state index is 0.0241. The van der Waals surface area contributed by atoms with Crippen LogP contribution in [0, 0.1) is 34.5 Å². The summed E-state index contributed by atoms with van der Waals surface area (Å²) in [4.78, 5) is 11.3. The van der Waals surface area contributed by atoms with Crippen LogP contribution in [0.3, 0.4) is 0 Å². The summed E-state index contributed by atoms with van der Waals surface area (Å²) in [5, 5.41) is 21.6. The highest BCUT2D eigenvalue weighted by Crippen LogP contribution is 2.66. The zero-order valence-corrected chi connectivity index (χ0v) is 15.9. The van der Waals surface area contributed by atoms with E-state index in [-0.39, 0.29) is 41.0 Å². The van der Waals surface area contributed by atoms with Crippen molar-refractivity contribution in [1.29, 1.82) is 0 Å². The summed E-state index contributed by atoms with van der Waals surface area (Å²) in [5.74, 6) is 1.77. The predicted molar refractivity (Wildman–Crippen MR) is 94.7 cm³/mol. The van der Waals surface area contributed by atoms with Gasteiger partial charge in [0.25, 0.3) is 0 Å². The number of esters is 1. The van der Waals surface area contributed by atoms with Crippen molar-refractivity contribution in [2.75, 3.05) is 0 Å². The molecule has 4 nitrogen and oxygen atoms in total. The average Bonchev–Trinajstić information content (AvgIpc) is 2.84. The van der Waals surface area contributed by atoms with E-state index in [1.54, 1.807) is 0 Å². The zero-order valence-electron chi connectivity index (χ0n) is 15.9. The number of fused-ring (bicyclic) bond motifs is 5. The number of hydrogen-bond donors (Lipinski definition) is 2. The number of hydrogen-bond acceptors (Lipinski definition) is 4. The van der Waals surface area contributed by atoms with Crippen molar-refractivity contribution in [3.05, 3.63) is 0 Å². The molecule has 0 saturated heterocycles. The Morgan fingerprint density at radius 1 is 0.920 bits per heavy atom. The van der Waals surface area contributed by atoms with Crippen molar-refractivity contribution in [3.63, 3.8) is 0 Å². The highest BCUT2D eigenvalue weighted by molar-refractivity contribution is 5.66. The molecule has 0 amide bonds. The molecule has 0 unspecified atom stereocenters. The van der Waals surface area contributed by atoms with Crippen LogP contribution in [-0.4, -0.2) is 34.5 Å². The van der Waals surface area contributed by atoms with Crippen LogP contribution in [-0.2, 0) is 9.53 Å². The summed E-state index contributed by atoms with van der Waals surface area (Å²) >= 11 is 0. The summed E-state index contributed by atoms with van der Waals surface area (Å²) < 4.78 is 5.49. The molecule has 9 atom stereocenters. The molecule has 0 spiro atoms. The third kappa shape index (κ3) is 2.58. The number of rotatable bonds is 1. The third-order valence-corrected chi connectivity index (χ3v) is 8.91. The number of carbonyl (C=O) groups is 1. The maximum Gasteiger partial charge on any atom is 0.302 e. The van der Waals surface area contributed by atoms with Crippen LogP contribution in [0.15, 0.2) is 0 Å². The van der Waals surface area contributed by atoms with Crippen LogP contribution in [0.25, 0.3) is 0 Å². The van der Waals surface area contributed by atoms with Crippen molar-refractivity contribution < 1.29 is 19.7 Å². The van der Waals surface area contributed by atoms with Gasteiger partial charge in [0, 0.05) is 6.92 Å². The Labute approximate surface area is 151 Å². The van der Waals surface area contributed by atoms with Gasteiger partial charge in [-0.3, -0.25) is 4.79 Å². The van der Waals surface area contributed by atoms with Gasteiger partial charge in [-0.25, -0.2) is 0 Å². The topological polar surface area (TPSA) is 66.8 Å². The Balaban J connectivity index is 1.58. The van der Waals surface area contributed by atoms with Gasteiger partial charge < -0.3 is 14.9 Å². The molecule has 25 heavy (non-hydrogen) atoms. The fourth-order valence-electron chi connectivity index (χ4n) is 7.58. The Morgan fingerprint density at radius 2 is 1.60 bits per heavy atom. The molecule has 0 aromatic carbocycles. The standard InChI is InChI=1S/C21H34O4/c1-12(22)25-13-6-8-20(2)16-7-9-21(3)15(4-5-19(21)24)14(16)11-18(23)17(20)10-13/h13-19,23-24H,4-11H2,1-3H3/t13-,14-,15-,16+,17+,18+,19-,20+,21-/m0/s1. The molecule has 0 aromatic rings. The lowest BCUT2D eigenvalue weighted by molar-refractivity contribution is -0.183. The third-order valence-electron chi connectivity index (χ3n) is 8.91. The molecule has 4 rings (SSSR count). The predicted octanol–water partition coefficient (Wildman–Crippen LogP) is 3.29. The maximum absolute atomic E-state index is 11.3. The summed E-state index contributed by atoms with van der Waals surface area (Å²) in [7, 11) is 0. The van der Waals surface area contributed by atoms with Gasteiger partial charge >= 0.3 is 5.97 Å². The Hall–Kier alpha value is -0.610. The summed E-state index contributed by atoms with van der Waals surface area (Å²) in [6.45, 7) is 6.15. The van der Waals surface area contributed by atoms with E-state index in [1.807, 2.05) is 0 Å². The van der Waals surface area contributed by atoms with E-state index in [0.29, 0.717) is 17.8 Å². The number of aliphatic hydroxyl groups is 2. The Bertz CT molecular complexity index is 548. The molecular weight excluding hydrogens is 316 g/mol. The molecule has 4 aliphatic rings. The van der Waals surface area contributed by atoms with Crippen molar-refractivity contribution in [3.8, 4) is 0 Å². The van der Waals surface area contributed by atoms with Gasteiger partial charge in [0.1, 0.15) is 6.10 Å². The van der Waals surface area contributed by atoms with Gasteiger partial charge in [0.05, 0.1) is 12.2 Å². The van der Waals surface area contributed by atoms with Crippen LogP contribution in [0.4, 0.5) is 0 Å². The molecule has 0 aliphatic heterocycles. The van der Waals surface area contributed by atoms with Crippen molar-refractivity contribution in [2.45, 2.75) is 90.4 Å². The van der Waals surface area contributed by atoms with E-state index < -0.39 is 0 Å². The second kappa shape index (κ2) is 5.95. The van der Waals surface area contributed by atoms with E-state index in [0.717, 1.165) is 44.9 Å². The Morgan fingerprint density at radius 3 is 2.32 bits per heavy atom. The minimum Gasteiger partial charge on any atom is -0.463 e. The second-order valence-corrected chi connectivity index (χ2v) is 9.94. The number of ether oxygens (including phenoxy) is 1. The first-order chi connectivity index (χ1) is 11.8. The van der Waals surface area contributed by atoms with Crippen molar-refractivity contribution in [2.24, 2.45) is 34.5 Å². The molecule has 4 fully saturated rings. The first-order valence-corrected chi connectivity index (χ1v) is 10.3. The molecule has 0 bridgehead atoms. The molecule has 0 heterocycles. The molecule has 0 radical (unpaired) electrons. The zero-order chi connectivity index (χ0) is 18.0. The molecular formula is C21H34O4. The highest BCUT2D eigenvalue weighted by atomic mass is 16.5. The largest absolute Gasteiger partial charge is 0.463 e. The van der Waals surface area contributed by atoms with Crippen LogP contribution in [0.1, 0.15) is 72.1 Å². The average molecular weight is 350 g/mol. The number of carbonyl (C=O) groups excluding carboxylic acids is 1. The molecule has 4 aliphatic carbocycles. The quantitative estimate of drug-likeness (QED) is 0.712. The van der Waals surface area contributed by atoms with E-state index in [4.69, 9.17) is 4.74 Å². The lowest BCUT2D eigenvalue weighted by atomic mass is 9.44. The summed E-state index contributed by atoms with van der Waals surface area (Å²) in [6.07, 6.45) is 7.48. The molecule has 4 heteroatoms. The molecule has 0 aromatic heterocycles. The second-order valence-electron chi connectivity index (χ2n) is 9.94. The first-order valence-electron chi connectivity index (χ1n) is 10.3. The lowest BCUT2D eigenvalue weighted by Crippen LogP contribution is -2.58. The van der Waals surface area contributed by atoms with Crippen molar-refractivity contribution in [1.82, 2.24) is 0 Å². The Kier molecular flexibility index (Phi) is 4.23. The van der Waals surface area contributed by atoms with Gasteiger partial charge in [-0.05, 0) is 85.9 Å².